The van der Waals surface area contributed by atoms with E-state index in [1.165, 1.54) is 32.4 Å². The fourth-order valence-electron chi connectivity index (χ4n) is 4.09. The zero-order valence-electron chi connectivity index (χ0n) is 11.9. The Labute approximate surface area is 116 Å². The second-order valence-corrected chi connectivity index (χ2v) is 6.52. The van der Waals surface area contributed by atoms with E-state index in [-0.39, 0.29) is 12.0 Å². The zero-order valence-corrected chi connectivity index (χ0v) is 11.9. The molecule has 2 heterocycles. The van der Waals surface area contributed by atoms with Crippen LogP contribution in [0.15, 0.2) is 0 Å². The highest BCUT2D eigenvalue weighted by molar-refractivity contribution is 5.80. The van der Waals surface area contributed by atoms with E-state index in [0.29, 0.717) is 11.9 Å². The molecule has 3 rings (SSSR count). The van der Waals surface area contributed by atoms with E-state index in [2.05, 4.69) is 9.80 Å². The van der Waals surface area contributed by atoms with Gasteiger partial charge in [0, 0.05) is 25.2 Å². The van der Waals surface area contributed by atoms with Gasteiger partial charge in [-0.1, -0.05) is 6.42 Å². The van der Waals surface area contributed by atoms with Gasteiger partial charge >= 0.3 is 0 Å². The Morgan fingerprint density at radius 1 is 0.947 bits per heavy atom. The van der Waals surface area contributed by atoms with Crippen molar-refractivity contribution < 1.29 is 4.79 Å². The van der Waals surface area contributed by atoms with E-state index in [4.69, 9.17) is 5.73 Å². The van der Waals surface area contributed by atoms with Gasteiger partial charge in [0.05, 0.1) is 5.92 Å². The second kappa shape index (κ2) is 5.80. The van der Waals surface area contributed by atoms with Crippen LogP contribution >= 0.6 is 0 Å². The van der Waals surface area contributed by atoms with Gasteiger partial charge in [0.15, 0.2) is 0 Å². The number of carbonyl (C=O) groups is 1. The first-order valence-electron chi connectivity index (χ1n) is 8.04. The molecule has 1 aliphatic carbocycles. The number of likely N-dealkylation sites (tertiary alicyclic amines) is 2. The molecule has 0 spiro atoms. The van der Waals surface area contributed by atoms with E-state index in [1.54, 1.807) is 0 Å². The van der Waals surface area contributed by atoms with E-state index in [1.807, 2.05) is 0 Å². The van der Waals surface area contributed by atoms with E-state index >= 15 is 0 Å². The van der Waals surface area contributed by atoms with Crippen LogP contribution in [0, 0.1) is 5.92 Å². The van der Waals surface area contributed by atoms with Crippen LogP contribution in [0.5, 0.6) is 0 Å². The lowest BCUT2D eigenvalue weighted by atomic mass is 9.98. The summed E-state index contributed by atoms with van der Waals surface area (Å²) in [6.07, 6.45) is 8.25. The van der Waals surface area contributed by atoms with Crippen molar-refractivity contribution in [3.05, 3.63) is 0 Å². The predicted octanol–water partition coefficient (Wildman–Crippen LogP) is 1.20. The van der Waals surface area contributed by atoms with Crippen molar-refractivity contribution in [1.29, 1.82) is 0 Å². The normalized spacial score (nSPS) is 36.9. The van der Waals surface area contributed by atoms with Crippen molar-refractivity contribution in [1.82, 2.24) is 9.80 Å². The maximum absolute atomic E-state index is 12.6. The summed E-state index contributed by atoms with van der Waals surface area (Å²) in [5.74, 6) is 0.450. The lowest BCUT2D eigenvalue weighted by molar-refractivity contribution is -0.137. The van der Waals surface area contributed by atoms with Gasteiger partial charge < -0.3 is 10.6 Å². The summed E-state index contributed by atoms with van der Waals surface area (Å²) in [4.78, 5) is 17.3. The lowest BCUT2D eigenvalue weighted by Crippen LogP contribution is -2.51. The summed E-state index contributed by atoms with van der Waals surface area (Å²) in [6, 6.07) is 0.720. The van der Waals surface area contributed by atoms with Crippen LogP contribution in [-0.4, -0.2) is 54.0 Å². The molecular weight excluding hydrogens is 238 g/mol. The number of hydrogen-bond donors (Lipinski definition) is 1. The molecule has 2 N–H and O–H groups in total. The Bertz CT molecular complexity index is 327. The number of hydrogen-bond acceptors (Lipinski definition) is 3. The van der Waals surface area contributed by atoms with Crippen molar-refractivity contribution in [3.8, 4) is 0 Å². The Balaban J connectivity index is 1.59. The molecule has 3 aliphatic rings. The summed E-state index contributed by atoms with van der Waals surface area (Å²) >= 11 is 0. The predicted molar refractivity (Wildman–Crippen MR) is 75.7 cm³/mol. The van der Waals surface area contributed by atoms with Gasteiger partial charge in [0.25, 0.3) is 0 Å². The van der Waals surface area contributed by atoms with Crippen LogP contribution in [0.2, 0.25) is 0 Å². The quantitative estimate of drug-likeness (QED) is 0.816. The third-order valence-corrected chi connectivity index (χ3v) is 5.25. The van der Waals surface area contributed by atoms with Crippen LogP contribution in [-0.2, 0) is 4.79 Å². The smallest absolute Gasteiger partial charge is 0.227 e. The van der Waals surface area contributed by atoms with Crippen LogP contribution < -0.4 is 5.73 Å². The fourth-order valence-corrected chi connectivity index (χ4v) is 4.09. The topological polar surface area (TPSA) is 49.6 Å². The fraction of sp³-hybridized carbons (Fsp3) is 0.933. The van der Waals surface area contributed by atoms with Gasteiger partial charge in [-0.3, -0.25) is 9.69 Å². The van der Waals surface area contributed by atoms with Crippen LogP contribution in [0.4, 0.5) is 0 Å². The number of rotatable bonds is 2. The first-order chi connectivity index (χ1) is 9.25. The third kappa shape index (κ3) is 2.79. The minimum Gasteiger partial charge on any atom is -0.341 e. The Morgan fingerprint density at radius 2 is 1.74 bits per heavy atom. The zero-order chi connectivity index (χ0) is 13.2. The van der Waals surface area contributed by atoms with E-state index in [0.717, 1.165) is 38.8 Å². The summed E-state index contributed by atoms with van der Waals surface area (Å²) in [7, 11) is 0. The molecule has 2 saturated heterocycles. The highest BCUT2D eigenvalue weighted by Gasteiger charge is 2.36. The maximum atomic E-state index is 12.6. The molecule has 108 valence electrons. The van der Waals surface area contributed by atoms with E-state index in [9.17, 15) is 4.79 Å². The summed E-state index contributed by atoms with van der Waals surface area (Å²) in [5, 5.41) is 0. The third-order valence-electron chi connectivity index (χ3n) is 5.25. The molecule has 4 heteroatoms. The molecule has 3 unspecified atom stereocenters. The molecule has 4 nitrogen and oxygen atoms in total. The largest absolute Gasteiger partial charge is 0.341 e. The van der Waals surface area contributed by atoms with Gasteiger partial charge in [0.2, 0.25) is 5.91 Å². The number of nitrogens with zero attached hydrogens (tertiary/aromatic N) is 2. The maximum Gasteiger partial charge on any atom is 0.227 e. The van der Waals surface area contributed by atoms with Gasteiger partial charge in [-0.25, -0.2) is 0 Å². The van der Waals surface area contributed by atoms with Crippen LogP contribution in [0.1, 0.15) is 44.9 Å². The molecule has 0 radical (unpaired) electrons. The molecule has 19 heavy (non-hydrogen) atoms. The molecule has 0 aromatic carbocycles. The number of nitrogens with two attached hydrogens (primary N) is 1. The van der Waals surface area contributed by atoms with Gasteiger partial charge in [-0.05, 0) is 51.6 Å². The first kappa shape index (κ1) is 13.4. The molecule has 3 atom stereocenters. The number of amides is 1. The first-order valence-corrected chi connectivity index (χ1v) is 8.04. The summed E-state index contributed by atoms with van der Waals surface area (Å²) < 4.78 is 0. The Kier molecular flexibility index (Phi) is 4.08. The lowest BCUT2D eigenvalue weighted by Gasteiger charge is -2.39. The van der Waals surface area contributed by atoms with Crippen molar-refractivity contribution in [3.63, 3.8) is 0 Å². The van der Waals surface area contributed by atoms with Gasteiger partial charge in [-0.2, -0.15) is 0 Å². The van der Waals surface area contributed by atoms with Gasteiger partial charge in [0.1, 0.15) is 0 Å². The SMILES string of the molecule is NC1CCCC1C(=O)N1CCCC(N2CCCC2)C1. The average molecular weight is 265 g/mol. The Hall–Kier alpha value is -0.610. The second-order valence-electron chi connectivity index (χ2n) is 6.52. The summed E-state index contributed by atoms with van der Waals surface area (Å²) in [5.41, 5.74) is 6.09. The van der Waals surface area contributed by atoms with Crippen LogP contribution in [0.3, 0.4) is 0 Å². The molecule has 0 bridgehead atoms. The minimum absolute atomic E-state index is 0.109. The average Bonchev–Trinajstić information content (AvgIpc) is 3.09. The molecule has 2 aliphatic heterocycles. The molecule has 0 aromatic rings. The Morgan fingerprint density at radius 3 is 2.42 bits per heavy atom. The van der Waals surface area contributed by atoms with E-state index < -0.39 is 0 Å². The summed E-state index contributed by atoms with van der Waals surface area (Å²) in [6.45, 7) is 4.36. The van der Waals surface area contributed by atoms with Crippen LogP contribution in [0.25, 0.3) is 0 Å². The highest BCUT2D eigenvalue weighted by Crippen LogP contribution is 2.28. The van der Waals surface area contributed by atoms with Crippen molar-refractivity contribution in [2.45, 2.75) is 57.0 Å². The van der Waals surface area contributed by atoms with Crippen molar-refractivity contribution in [2.75, 3.05) is 26.2 Å². The molecular formula is C15H27N3O. The molecule has 3 fully saturated rings. The molecule has 1 amide bonds. The molecule has 1 saturated carbocycles. The molecule has 0 aromatic heterocycles. The number of carbonyl (C=O) groups excluding carboxylic acids is 1. The van der Waals surface area contributed by atoms with Crippen molar-refractivity contribution in [2.24, 2.45) is 11.7 Å². The van der Waals surface area contributed by atoms with Crippen molar-refractivity contribution >= 4 is 5.91 Å². The number of piperidine rings is 1. The van der Waals surface area contributed by atoms with Gasteiger partial charge in [-0.15, -0.1) is 0 Å². The highest BCUT2D eigenvalue weighted by atomic mass is 16.2. The monoisotopic (exact) mass is 265 g/mol. The minimum atomic E-state index is 0.109. The standard InChI is InChI=1S/C15H27N3O/c16-14-7-3-6-13(14)15(19)18-10-4-5-12(11-18)17-8-1-2-9-17/h12-14H,1-11,16H2.